The number of carbonyl (C=O) groups is 1. The number of furan rings is 1. The van der Waals surface area contributed by atoms with E-state index in [2.05, 4.69) is 5.10 Å². The molecule has 1 aromatic heterocycles. The van der Waals surface area contributed by atoms with Crippen molar-refractivity contribution in [3.05, 3.63) is 59.5 Å². The minimum absolute atomic E-state index is 0.107. The van der Waals surface area contributed by atoms with Crippen LogP contribution in [0.25, 0.3) is 0 Å². The van der Waals surface area contributed by atoms with Crippen LogP contribution in [0.15, 0.2) is 52.2 Å². The number of carbonyl (C=O) groups excluding carboxylic acids is 1. The van der Waals surface area contributed by atoms with Crippen molar-refractivity contribution in [3.63, 3.8) is 0 Å². The minimum atomic E-state index is -3.00. The number of hydrazone groups is 1. The van der Waals surface area contributed by atoms with E-state index in [1.165, 1.54) is 5.01 Å². The minimum Gasteiger partial charge on any atom is -0.467 e. The van der Waals surface area contributed by atoms with Gasteiger partial charge in [-0.15, -0.1) is 0 Å². The number of sulfone groups is 1. The number of hydrogen-bond donors (Lipinski definition) is 0. The van der Waals surface area contributed by atoms with Gasteiger partial charge >= 0.3 is 0 Å². The molecule has 2 atom stereocenters. The second-order valence-electron chi connectivity index (χ2n) is 7.86. The number of amides is 1. The highest BCUT2D eigenvalue weighted by molar-refractivity contribution is 7.91. The van der Waals surface area contributed by atoms with Crippen molar-refractivity contribution in [2.75, 3.05) is 25.1 Å². The maximum atomic E-state index is 13.1. The van der Waals surface area contributed by atoms with Crippen molar-refractivity contribution in [1.29, 1.82) is 0 Å². The zero-order valence-electron chi connectivity index (χ0n) is 16.6. The molecule has 7 nitrogen and oxygen atoms in total. The third-order valence-electron chi connectivity index (χ3n) is 5.64. The smallest absolute Gasteiger partial charge is 0.257 e. The van der Waals surface area contributed by atoms with E-state index in [0.717, 1.165) is 16.8 Å². The third-order valence-corrected chi connectivity index (χ3v) is 7.39. The van der Waals surface area contributed by atoms with E-state index in [0.29, 0.717) is 18.6 Å². The summed E-state index contributed by atoms with van der Waals surface area (Å²) in [6.45, 7) is 2.14. The lowest BCUT2D eigenvalue weighted by Gasteiger charge is -2.26. The first kappa shape index (κ1) is 19.8. The molecule has 2 aliphatic heterocycles. The molecule has 29 heavy (non-hydrogen) atoms. The molecule has 2 aliphatic rings. The van der Waals surface area contributed by atoms with Crippen LogP contribution in [0.2, 0.25) is 0 Å². The first-order valence-corrected chi connectivity index (χ1v) is 11.6. The van der Waals surface area contributed by atoms with Crippen molar-refractivity contribution in [3.8, 4) is 0 Å². The third kappa shape index (κ3) is 4.28. The first-order valence-electron chi connectivity index (χ1n) is 9.73. The van der Waals surface area contributed by atoms with Crippen LogP contribution in [0.1, 0.15) is 35.8 Å². The zero-order valence-corrected chi connectivity index (χ0v) is 17.4. The summed E-state index contributed by atoms with van der Waals surface area (Å²) in [7, 11) is -1.20. The molecule has 1 amide bonds. The predicted octanol–water partition coefficient (Wildman–Crippen LogP) is 2.38. The van der Waals surface area contributed by atoms with E-state index in [4.69, 9.17) is 4.42 Å². The van der Waals surface area contributed by atoms with Gasteiger partial charge in [-0.3, -0.25) is 9.69 Å². The topological polar surface area (TPSA) is 83.2 Å². The molecule has 1 fully saturated rings. The Labute approximate surface area is 170 Å². The molecule has 3 heterocycles. The van der Waals surface area contributed by atoms with E-state index in [9.17, 15) is 13.2 Å². The molecular formula is C21H25N3O4S. The van der Waals surface area contributed by atoms with Crippen molar-refractivity contribution >= 4 is 21.5 Å². The molecule has 0 bridgehead atoms. The Morgan fingerprint density at radius 1 is 1.28 bits per heavy atom. The number of benzene rings is 1. The van der Waals surface area contributed by atoms with E-state index in [-0.39, 0.29) is 36.0 Å². The predicted molar refractivity (Wildman–Crippen MR) is 110 cm³/mol. The maximum absolute atomic E-state index is 13.1. The Morgan fingerprint density at radius 3 is 2.66 bits per heavy atom. The molecule has 0 radical (unpaired) electrons. The molecule has 1 saturated heterocycles. The second kappa shape index (κ2) is 7.76. The fourth-order valence-electron chi connectivity index (χ4n) is 3.90. The summed E-state index contributed by atoms with van der Waals surface area (Å²) in [5.41, 5.74) is 2.99. The zero-order chi connectivity index (χ0) is 20.6. The van der Waals surface area contributed by atoms with Crippen LogP contribution in [-0.2, 0) is 14.6 Å². The summed E-state index contributed by atoms with van der Waals surface area (Å²) >= 11 is 0. The van der Waals surface area contributed by atoms with Crippen molar-refractivity contribution < 1.29 is 17.6 Å². The van der Waals surface area contributed by atoms with Gasteiger partial charge in [-0.25, -0.2) is 13.4 Å². The standard InChI is InChI=1S/C21H25N3O4S/c1-15-5-7-16(8-6-15)18-12-19(20-4-3-10-28-20)24(22-18)21(25)13-23(2)17-9-11-29(26,27)14-17/h3-8,10,17,19H,9,11-14H2,1-2H3/t17-,19+/m1/s1. The lowest BCUT2D eigenvalue weighted by Crippen LogP contribution is -2.41. The summed E-state index contributed by atoms with van der Waals surface area (Å²) in [5.74, 6) is 0.816. The molecule has 0 spiro atoms. The van der Waals surface area contributed by atoms with Crippen molar-refractivity contribution in [2.45, 2.75) is 31.8 Å². The Hall–Kier alpha value is -2.45. The van der Waals surface area contributed by atoms with Crippen molar-refractivity contribution in [1.82, 2.24) is 9.91 Å². The molecule has 1 aromatic carbocycles. The van der Waals surface area contributed by atoms with Crippen LogP contribution in [0, 0.1) is 6.92 Å². The van der Waals surface area contributed by atoms with Crippen LogP contribution in [0.3, 0.4) is 0 Å². The number of hydrogen-bond acceptors (Lipinski definition) is 6. The fraction of sp³-hybridized carbons (Fsp3) is 0.429. The Morgan fingerprint density at radius 2 is 2.03 bits per heavy atom. The Balaban J connectivity index is 1.54. The monoisotopic (exact) mass is 415 g/mol. The fourth-order valence-corrected chi connectivity index (χ4v) is 5.71. The molecule has 0 unspecified atom stereocenters. The summed E-state index contributed by atoms with van der Waals surface area (Å²) in [6, 6.07) is 11.3. The van der Waals surface area contributed by atoms with Gasteiger partial charge in [0.1, 0.15) is 11.8 Å². The molecule has 4 rings (SSSR count). The van der Waals surface area contributed by atoms with Gasteiger partial charge in [-0.1, -0.05) is 29.8 Å². The number of rotatable bonds is 5. The number of likely N-dealkylation sites (N-methyl/N-ethyl adjacent to an activating group) is 1. The van der Waals surface area contributed by atoms with Gasteiger partial charge in [0, 0.05) is 12.5 Å². The average molecular weight is 416 g/mol. The van der Waals surface area contributed by atoms with Crippen LogP contribution < -0.4 is 0 Å². The quantitative estimate of drug-likeness (QED) is 0.749. The van der Waals surface area contributed by atoms with E-state index < -0.39 is 9.84 Å². The van der Waals surface area contributed by atoms with Gasteiger partial charge in [0.15, 0.2) is 9.84 Å². The number of aryl methyl sites for hydroxylation is 1. The summed E-state index contributed by atoms with van der Waals surface area (Å²) in [5, 5.41) is 6.12. The van der Waals surface area contributed by atoms with E-state index >= 15 is 0 Å². The largest absolute Gasteiger partial charge is 0.467 e. The lowest BCUT2D eigenvalue weighted by molar-refractivity contribution is -0.134. The van der Waals surface area contributed by atoms with Gasteiger partial charge in [0.25, 0.3) is 5.91 Å². The molecule has 2 aromatic rings. The average Bonchev–Trinajstić information content (AvgIpc) is 3.40. The summed E-state index contributed by atoms with van der Waals surface area (Å²) in [4.78, 5) is 14.9. The maximum Gasteiger partial charge on any atom is 0.257 e. The van der Waals surface area contributed by atoms with Gasteiger partial charge in [-0.05, 0) is 38.1 Å². The summed E-state index contributed by atoms with van der Waals surface area (Å²) < 4.78 is 29.1. The highest BCUT2D eigenvalue weighted by Gasteiger charge is 2.37. The summed E-state index contributed by atoms with van der Waals surface area (Å²) in [6.07, 6.45) is 2.73. The molecule has 8 heteroatoms. The molecular weight excluding hydrogens is 390 g/mol. The van der Waals surface area contributed by atoms with Gasteiger partial charge < -0.3 is 4.42 Å². The first-order chi connectivity index (χ1) is 13.8. The Bertz CT molecular complexity index is 1010. The number of nitrogens with zero attached hydrogens (tertiary/aromatic N) is 3. The SMILES string of the molecule is Cc1ccc(C2=NN(C(=O)CN(C)[C@@H]3CCS(=O)(=O)C3)[C@H](c3ccco3)C2)cc1. The van der Waals surface area contributed by atoms with Crippen LogP contribution in [0.4, 0.5) is 0 Å². The Kier molecular flexibility index (Phi) is 5.31. The highest BCUT2D eigenvalue weighted by atomic mass is 32.2. The molecule has 0 saturated carbocycles. The van der Waals surface area contributed by atoms with Gasteiger partial charge in [0.05, 0.1) is 30.0 Å². The highest BCUT2D eigenvalue weighted by Crippen LogP contribution is 2.33. The normalized spacial score (nSPS) is 23.6. The van der Waals surface area contributed by atoms with E-state index in [1.54, 1.807) is 19.4 Å². The van der Waals surface area contributed by atoms with Crippen LogP contribution in [-0.4, -0.2) is 61.1 Å². The van der Waals surface area contributed by atoms with Gasteiger partial charge in [0.2, 0.25) is 0 Å². The molecule has 0 aliphatic carbocycles. The van der Waals surface area contributed by atoms with E-state index in [1.807, 2.05) is 42.2 Å². The van der Waals surface area contributed by atoms with Crippen LogP contribution in [0.5, 0.6) is 0 Å². The van der Waals surface area contributed by atoms with Gasteiger partial charge in [-0.2, -0.15) is 5.10 Å². The molecule has 154 valence electrons. The second-order valence-corrected chi connectivity index (χ2v) is 10.1. The lowest BCUT2D eigenvalue weighted by atomic mass is 10.0. The molecule has 0 N–H and O–H groups in total. The van der Waals surface area contributed by atoms with Crippen molar-refractivity contribution in [2.24, 2.45) is 5.10 Å². The van der Waals surface area contributed by atoms with Crippen LogP contribution >= 0.6 is 0 Å².